The lowest BCUT2D eigenvalue weighted by Gasteiger charge is -2.15. The first-order chi connectivity index (χ1) is 11.7. The second kappa shape index (κ2) is 5.78. The number of benzene rings is 2. The maximum atomic E-state index is 13.7. The molecule has 4 heteroatoms. The van der Waals surface area contributed by atoms with Gasteiger partial charge < -0.3 is 9.97 Å². The Morgan fingerprint density at radius 2 is 1.33 bits per heavy atom. The quantitative estimate of drug-likeness (QED) is 0.471. The fraction of sp³-hybridized carbons (Fsp3) is 0.200. The van der Waals surface area contributed by atoms with Crippen LogP contribution in [-0.2, 0) is 0 Å². The van der Waals surface area contributed by atoms with Crippen LogP contribution in [0.1, 0.15) is 36.8 Å². The molecule has 2 aromatic carbocycles. The van der Waals surface area contributed by atoms with Crippen molar-refractivity contribution in [2.75, 3.05) is 0 Å². The Balaban J connectivity index is 1.92. The summed E-state index contributed by atoms with van der Waals surface area (Å²) in [5.74, 6) is -0.409. The fourth-order valence-electron chi connectivity index (χ4n) is 3.57. The Labute approximate surface area is 138 Å². The van der Waals surface area contributed by atoms with Gasteiger partial charge in [0, 0.05) is 40.1 Å². The van der Waals surface area contributed by atoms with Crippen LogP contribution in [0.4, 0.5) is 8.78 Å². The lowest BCUT2D eigenvalue weighted by molar-refractivity contribution is 0.629. The predicted molar refractivity (Wildman–Crippen MR) is 93.3 cm³/mol. The number of rotatable bonds is 4. The van der Waals surface area contributed by atoms with Crippen LogP contribution < -0.4 is 0 Å². The number of aromatic nitrogens is 2. The van der Waals surface area contributed by atoms with Crippen molar-refractivity contribution < 1.29 is 8.78 Å². The number of nitrogens with one attached hydrogen (secondary N) is 2. The summed E-state index contributed by atoms with van der Waals surface area (Å²) in [5.41, 5.74) is 3.94. The van der Waals surface area contributed by atoms with Gasteiger partial charge in [0.05, 0.1) is 0 Å². The van der Waals surface area contributed by atoms with Crippen LogP contribution in [0.3, 0.4) is 0 Å². The van der Waals surface area contributed by atoms with Crippen molar-refractivity contribution in [1.82, 2.24) is 9.97 Å². The van der Waals surface area contributed by atoms with Crippen LogP contribution in [0.25, 0.3) is 21.8 Å². The van der Waals surface area contributed by atoms with Crippen molar-refractivity contribution in [1.29, 1.82) is 0 Å². The minimum Gasteiger partial charge on any atom is -0.361 e. The third-order valence-electron chi connectivity index (χ3n) is 4.68. The summed E-state index contributed by atoms with van der Waals surface area (Å²) in [6.07, 6.45) is 5.78. The molecular formula is C20H18F2N2. The van der Waals surface area contributed by atoms with Crippen molar-refractivity contribution in [3.05, 3.63) is 71.6 Å². The molecule has 0 bridgehead atoms. The molecule has 24 heavy (non-hydrogen) atoms. The van der Waals surface area contributed by atoms with E-state index < -0.39 is 0 Å². The number of hydrogen-bond donors (Lipinski definition) is 2. The van der Waals surface area contributed by atoms with E-state index in [-0.39, 0.29) is 17.6 Å². The molecule has 4 aromatic rings. The van der Waals surface area contributed by atoms with E-state index >= 15 is 0 Å². The van der Waals surface area contributed by atoms with Gasteiger partial charge in [0.25, 0.3) is 0 Å². The van der Waals surface area contributed by atoms with E-state index in [2.05, 4.69) is 16.9 Å². The van der Waals surface area contributed by atoms with Crippen LogP contribution in [0, 0.1) is 11.6 Å². The summed E-state index contributed by atoms with van der Waals surface area (Å²) in [7, 11) is 0. The van der Waals surface area contributed by atoms with E-state index in [0.29, 0.717) is 0 Å². The molecule has 0 aliphatic rings. The number of H-pyrrole nitrogens is 2. The Bertz CT molecular complexity index is 933. The summed E-state index contributed by atoms with van der Waals surface area (Å²) in [4.78, 5) is 6.45. The molecule has 0 fully saturated rings. The van der Waals surface area contributed by atoms with E-state index in [9.17, 15) is 8.78 Å². The third-order valence-corrected chi connectivity index (χ3v) is 4.68. The van der Waals surface area contributed by atoms with Crippen molar-refractivity contribution in [2.45, 2.75) is 25.7 Å². The summed E-state index contributed by atoms with van der Waals surface area (Å²) >= 11 is 0. The van der Waals surface area contributed by atoms with Gasteiger partial charge in [-0.2, -0.15) is 0 Å². The van der Waals surface area contributed by atoms with Gasteiger partial charge in [-0.05, 0) is 53.9 Å². The van der Waals surface area contributed by atoms with Gasteiger partial charge >= 0.3 is 0 Å². The molecular weight excluding hydrogens is 306 g/mol. The van der Waals surface area contributed by atoms with Crippen LogP contribution in [0.5, 0.6) is 0 Å². The van der Waals surface area contributed by atoms with Crippen molar-refractivity contribution >= 4 is 21.8 Å². The number of aromatic amines is 2. The fourth-order valence-corrected chi connectivity index (χ4v) is 3.57. The van der Waals surface area contributed by atoms with Crippen molar-refractivity contribution in [3.63, 3.8) is 0 Å². The zero-order valence-corrected chi connectivity index (χ0v) is 13.4. The lowest BCUT2D eigenvalue weighted by atomic mass is 9.87. The van der Waals surface area contributed by atoms with E-state index in [4.69, 9.17) is 0 Å². The molecule has 2 aromatic heterocycles. The summed E-state index contributed by atoms with van der Waals surface area (Å²) in [6.45, 7) is 2.12. The highest BCUT2D eigenvalue weighted by atomic mass is 19.1. The molecule has 2 nitrogen and oxygen atoms in total. The maximum Gasteiger partial charge on any atom is 0.123 e. The average molecular weight is 324 g/mol. The number of hydrogen-bond acceptors (Lipinski definition) is 0. The SMILES string of the molecule is CCCC(c1c[nH]c2ccc(F)cc12)c1c[nH]c2ccc(F)cc12. The molecule has 0 saturated carbocycles. The smallest absolute Gasteiger partial charge is 0.123 e. The van der Waals surface area contributed by atoms with Crippen LogP contribution in [0.15, 0.2) is 48.8 Å². The minimum absolute atomic E-state index is 0.0844. The maximum absolute atomic E-state index is 13.7. The molecule has 0 spiro atoms. The van der Waals surface area contributed by atoms with Gasteiger partial charge in [-0.1, -0.05) is 13.3 Å². The minimum atomic E-state index is -0.247. The number of fused-ring (bicyclic) bond motifs is 2. The van der Waals surface area contributed by atoms with Gasteiger partial charge in [0.1, 0.15) is 11.6 Å². The normalized spacial score (nSPS) is 11.8. The largest absolute Gasteiger partial charge is 0.361 e. The van der Waals surface area contributed by atoms with Crippen molar-refractivity contribution in [2.24, 2.45) is 0 Å². The Morgan fingerprint density at radius 1 is 0.833 bits per heavy atom. The molecule has 0 aliphatic carbocycles. The predicted octanol–water partition coefficient (Wildman–Crippen LogP) is 5.86. The molecule has 122 valence electrons. The van der Waals surface area contributed by atoms with Gasteiger partial charge in [-0.25, -0.2) is 8.78 Å². The van der Waals surface area contributed by atoms with Gasteiger partial charge in [0.15, 0.2) is 0 Å². The second-order valence-electron chi connectivity index (χ2n) is 6.21. The van der Waals surface area contributed by atoms with E-state index in [1.165, 1.54) is 12.1 Å². The molecule has 0 amide bonds. The molecule has 2 N–H and O–H groups in total. The highest BCUT2D eigenvalue weighted by molar-refractivity contribution is 5.88. The topological polar surface area (TPSA) is 31.6 Å². The summed E-state index contributed by atoms with van der Waals surface area (Å²) in [6, 6.07) is 9.56. The molecule has 0 aliphatic heterocycles. The highest BCUT2D eigenvalue weighted by Crippen LogP contribution is 2.38. The van der Waals surface area contributed by atoms with Crippen LogP contribution in [-0.4, -0.2) is 9.97 Å². The van der Waals surface area contributed by atoms with Gasteiger partial charge in [-0.3, -0.25) is 0 Å². The first-order valence-corrected chi connectivity index (χ1v) is 8.20. The van der Waals surface area contributed by atoms with Crippen LogP contribution in [0.2, 0.25) is 0 Å². The van der Waals surface area contributed by atoms with Crippen molar-refractivity contribution in [3.8, 4) is 0 Å². The second-order valence-corrected chi connectivity index (χ2v) is 6.21. The summed E-state index contributed by atoms with van der Waals surface area (Å²) in [5, 5.41) is 1.78. The molecule has 0 unspecified atom stereocenters. The van der Waals surface area contributed by atoms with E-state index in [1.807, 2.05) is 12.4 Å². The molecule has 0 saturated heterocycles. The zero-order chi connectivity index (χ0) is 16.7. The molecule has 0 radical (unpaired) electrons. The Morgan fingerprint density at radius 3 is 1.79 bits per heavy atom. The molecule has 0 atom stereocenters. The molecule has 4 rings (SSSR count). The number of halogens is 2. The first-order valence-electron chi connectivity index (χ1n) is 8.20. The first kappa shape index (κ1) is 14.9. The summed E-state index contributed by atoms with van der Waals surface area (Å²) < 4.78 is 27.4. The third kappa shape index (κ3) is 2.39. The standard InChI is InChI=1S/C20H18F2N2/c1-2-3-14(17-10-23-19-6-4-12(21)8-15(17)19)18-11-24-20-7-5-13(22)9-16(18)20/h4-11,14,23-24H,2-3H2,1H3. The van der Waals surface area contributed by atoms with E-state index in [1.54, 1.807) is 24.3 Å². The average Bonchev–Trinajstić information content (AvgIpc) is 3.16. The molecule has 2 heterocycles. The Kier molecular flexibility index (Phi) is 3.60. The van der Waals surface area contributed by atoms with E-state index in [0.717, 1.165) is 45.8 Å². The highest BCUT2D eigenvalue weighted by Gasteiger charge is 2.21. The monoisotopic (exact) mass is 324 g/mol. The lowest BCUT2D eigenvalue weighted by Crippen LogP contribution is -2.00. The Hall–Kier alpha value is -2.62. The zero-order valence-electron chi connectivity index (χ0n) is 13.4. The van der Waals surface area contributed by atoms with Gasteiger partial charge in [0.2, 0.25) is 0 Å². The van der Waals surface area contributed by atoms with Gasteiger partial charge in [-0.15, -0.1) is 0 Å². The van der Waals surface area contributed by atoms with Crippen LogP contribution >= 0.6 is 0 Å².